The lowest BCUT2D eigenvalue weighted by Crippen LogP contribution is -2.42. The van der Waals surface area contributed by atoms with E-state index in [1.54, 1.807) is 0 Å². The molecule has 1 rings (SSSR count). The molecule has 2 N–H and O–H groups in total. The Morgan fingerprint density at radius 1 is 1.62 bits per heavy atom. The maximum Gasteiger partial charge on any atom is 0.0793 e. The Kier molecular flexibility index (Phi) is 4.35. The quantitative estimate of drug-likeness (QED) is 0.656. The van der Waals surface area contributed by atoms with Crippen molar-refractivity contribution in [3.63, 3.8) is 0 Å². The van der Waals surface area contributed by atoms with E-state index < -0.39 is 0 Å². The van der Waals surface area contributed by atoms with Crippen LogP contribution in [0, 0.1) is 0 Å². The molecule has 0 saturated heterocycles. The summed E-state index contributed by atoms with van der Waals surface area (Å²) >= 11 is 0. The second kappa shape index (κ2) is 5.32. The molecule has 0 aliphatic carbocycles. The summed E-state index contributed by atoms with van der Waals surface area (Å²) in [5.41, 5.74) is 5.84. The van der Waals surface area contributed by atoms with E-state index in [4.69, 9.17) is 10.5 Å². The number of ether oxygens (including phenoxy) is 1. The van der Waals surface area contributed by atoms with Crippen LogP contribution in [-0.4, -0.2) is 57.1 Å². The Bertz CT molecular complexity index is 170. The van der Waals surface area contributed by atoms with Crippen molar-refractivity contribution in [2.24, 2.45) is 10.7 Å². The zero-order valence-electron chi connectivity index (χ0n) is 8.44. The number of hydrogen-bond acceptors (Lipinski definition) is 4. The van der Waals surface area contributed by atoms with Crippen molar-refractivity contribution < 1.29 is 4.74 Å². The Labute approximate surface area is 79.8 Å². The maximum atomic E-state index is 5.84. The van der Waals surface area contributed by atoms with Crippen LogP contribution >= 0.6 is 0 Å². The molecule has 2 unspecified atom stereocenters. The van der Waals surface area contributed by atoms with Crippen LogP contribution in [-0.2, 0) is 4.74 Å². The molecule has 13 heavy (non-hydrogen) atoms. The molecule has 0 fully saturated rings. The second-order valence-electron chi connectivity index (χ2n) is 3.66. The highest BCUT2D eigenvalue weighted by molar-refractivity contribution is 5.59. The zero-order valence-corrected chi connectivity index (χ0v) is 8.44. The topological polar surface area (TPSA) is 50.8 Å². The van der Waals surface area contributed by atoms with E-state index in [0.29, 0.717) is 6.54 Å². The summed E-state index contributed by atoms with van der Waals surface area (Å²) in [7, 11) is 4.07. The highest BCUT2D eigenvalue weighted by Gasteiger charge is 2.19. The van der Waals surface area contributed by atoms with Crippen LogP contribution in [0.2, 0.25) is 0 Å². The van der Waals surface area contributed by atoms with Gasteiger partial charge in [0.15, 0.2) is 0 Å². The molecule has 0 aromatic carbocycles. The SMILES string of the molecule is CN(C)CCOC1CC=NCC1N. The minimum atomic E-state index is 0.0761. The van der Waals surface area contributed by atoms with E-state index in [1.807, 2.05) is 20.3 Å². The number of hydrogen-bond donors (Lipinski definition) is 1. The first-order chi connectivity index (χ1) is 6.20. The number of nitrogens with zero attached hydrogens (tertiary/aromatic N) is 2. The first-order valence-electron chi connectivity index (χ1n) is 4.70. The highest BCUT2D eigenvalue weighted by Crippen LogP contribution is 2.06. The predicted molar refractivity (Wildman–Crippen MR) is 54.2 cm³/mol. The molecule has 76 valence electrons. The molecule has 0 bridgehead atoms. The average Bonchev–Trinajstić information content (AvgIpc) is 2.08. The lowest BCUT2D eigenvalue weighted by atomic mass is 10.1. The van der Waals surface area contributed by atoms with Crippen LogP contribution in [0.5, 0.6) is 0 Å². The third-order valence-corrected chi connectivity index (χ3v) is 2.13. The van der Waals surface area contributed by atoms with Gasteiger partial charge >= 0.3 is 0 Å². The van der Waals surface area contributed by atoms with Gasteiger partial charge in [0.25, 0.3) is 0 Å². The van der Waals surface area contributed by atoms with Crippen molar-refractivity contribution in [2.45, 2.75) is 18.6 Å². The molecule has 0 aromatic rings. The van der Waals surface area contributed by atoms with Gasteiger partial charge in [0.05, 0.1) is 25.3 Å². The normalized spacial score (nSPS) is 28.3. The van der Waals surface area contributed by atoms with Gasteiger partial charge in [-0.3, -0.25) is 4.99 Å². The fourth-order valence-corrected chi connectivity index (χ4v) is 1.25. The van der Waals surface area contributed by atoms with Gasteiger partial charge in [0, 0.05) is 19.2 Å². The van der Waals surface area contributed by atoms with Crippen molar-refractivity contribution in [1.29, 1.82) is 0 Å². The molecular formula is C9H19N3O. The predicted octanol–water partition coefficient (Wildman–Crippen LogP) is -0.265. The lowest BCUT2D eigenvalue weighted by molar-refractivity contribution is 0.0325. The molecule has 0 saturated carbocycles. The molecule has 1 heterocycles. The largest absolute Gasteiger partial charge is 0.375 e. The Balaban J connectivity index is 2.16. The van der Waals surface area contributed by atoms with Gasteiger partial charge in [-0.25, -0.2) is 0 Å². The van der Waals surface area contributed by atoms with E-state index in [2.05, 4.69) is 9.89 Å². The van der Waals surface area contributed by atoms with Gasteiger partial charge in [-0.2, -0.15) is 0 Å². The molecular weight excluding hydrogens is 166 g/mol. The van der Waals surface area contributed by atoms with Crippen molar-refractivity contribution in [3.8, 4) is 0 Å². The summed E-state index contributed by atoms with van der Waals surface area (Å²) in [6.07, 6.45) is 2.93. The second-order valence-corrected chi connectivity index (χ2v) is 3.66. The van der Waals surface area contributed by atoms with E-state index in [-0.39, 0.29) is 12.1 Å². The Hall–Kier alpha value is -0.450. The van der Waals surface area contributed by atoms with Crippen molar-refractivity contribution in [1.82, 2.24) is 4.90 Å². The van der Waals surface area contributed by atoms with Crippen LogP contribution < -0.4 is 5.73 Å². The highest BCUT2D eigenvalue weighted by atomic mass is 16.5. The van der Waals surface area contributed by atoms with Gasteiger partial charge in [-0.05, 0) is 14.1 Å². The summed E-state index contributed by atoms with van der Waals surface area (Å²) in [6, 6.07) is 0.0761. The van der Waals surface area contributed by atoms with Gasteiger partial charge in [-0.1, -0.05) is 0 Å². The smallest absolute Gasteiger partial charge is 0.0793 e. The van der Waals surface area contributed by atoms with Crippen LogP contribution in [0.25, 0.3) is 0 Å². The number of nitrogens with two attached hydrogens (primary N) is 1. The first kappa shape index (κ1) is 10.6. The van der Waals surface area contributed by atoms with Crippen LogP contribution in [0.3, 0.4) is 0 Å². The molecule has 4 heteroatoms. The van der Waals surface area contributed by atoms with Gasteiger partial charge in [0.2, 0.25) is 0 Å². The third-order valence-electron chi connectivity index (χ3n) is 2.13. The minimum absolute atomic E-state index is 0.0761. The first-order valence-corrected chi connectivity index (χ1v) is 4.70. The average molecular weight is 185 g/mol. The lowest BCUT2D eigenvalue weighted by Gasteiger charge is -2.25. The Morgan fingerprint density at radius 3 is 3.00 bits per heavy atom. The Morgan fingerprint density at radius 2 is 2.38 bits per heavy atom. The number of rotatable bonds is 4. The maximum absolute atomic E-state index is 5.84. The molecule has 0 aromatic heterocycles. The summed E-state index contributed by atoms with van der Waals surface area (Å²) in [6.45, 7) is 2.40. The van der Waals surface area contributed by atoms with E-state index in [9.17, 15) is 0 Å². The number of aliphatic imine (C=N–C) groups is 1. The monoisotopic (exact) mass is 185 g/mol. The summed E-state index contributed by atoms with van der Waals surface area (Å²) in [5, 5.41) is 0. The van der Waals surface area contributed by atoms with Gasteiger partial charge in [-0.15, -0.1) is 0 Å². The van der Waals surface area contributed by atoms with Crippen LogP contribution in [0.4, 0.5) is 0 Å². The van der Waals surface area contributed by atoms with Crippen molar-refractivity contribution in [3.05, 3.63) is 0 Å². The standard InChI is InChI=1S/C9H19N3O/c1-12(2)5-6-13-9-3-4-11-7-8(9)10/h4,8-9H,3,5-7,10H2,1-2H3. The van der Waals surface area contributed by atoms with Gasteiger partial charge < -0.3 is 15.4 Å². The molecule has 0 amide bonds. The molecule has 0 radical (unpaired) electrons. The van der Waals surface area contributed by atoms with Crippen LogP contribution in [0.15, 0.2) is 4.99 Å². The molecule has 1 aliphatic heterocycles. The van der Waals surface area contributed by atoms with E-state index in [1.165, 1.54) is 0 Å². The molecule has 4 nitrogen and oxygen atoms in total. The summed E-state index contributed by atoms with van der Waals surface area (Å²) in [4.78, 5) is 6.21. The third kappa shape index (κ3) is 3.85. The van der Waals surface area contributed by atoms with Gasteiger partial charge in [0.1, 0.15) is 0 Å². The summed E-state index contributed by atoms with van der Waals surface area (Å²) < 4.78 is 5.65. The number of likely N-dealkylation sites (N-methyl/N-ethyl adjacent to an activating group) is 1. The molecule has 2 atom stereocenters. The van der Waals surface area contributed by atoms with Crippen LogP contribution in [0.1, 0.15) is 6.42 Å². The van der Waals surface area contributed by atoms with E-state index >= 15 is 0 Å². The molecule has 0 spiro atoms. The van der Waals surface area contributed by atoms with E-state index in [0.717, 1.165) is 19.6 Å². The van der Waals surface area contributed by atoms with Crippen molar-refractivity contribution in [2.75, 3.05) is 33.8 Å². The fourth-order valence-electron chi connectivity index (χ4n) is 1.25. The zero-order chi connectivity index (χ0) is 9.68. The summed E-state index contributed by atoms with van der Waals surface area (Å²) in [5.74, 6) is 0. The minimum Gasteiger partial charge on any atom is -0.375 e. The van der Waals surface area contributed by atoms with Crippen molar-refractivity contribution >= 4 is 6.21 Å². The molecule has 1 aliphatic rings. The fraction of sp³-hybridized carbons (Fsp3) is 0.889.